The number of carbonyl (C=O) groups excluding carboxylic acids is 1. The van der Waals surface area contributed by atoms with Crippen LogP contribution >= 0.6 is 35.4 Å². The summed E-state index contributed by atoms with van der Waals surface area (Å²) in [5.74, 6) is 0.112. The van der Waals surface area contributed by atoms with Crippen molar-refractivity contribution >= 4 is 63.1 Å². The maximum atomic E-state index is 12.6. The lowest BCUT2D eigenvalue weighted by molar-refractivity contribution is 0.0951. The van der Waals surface area contributed by atoms with Gasteiger partial charge in [0.25, 0.3) is 5.91 Å². The van der Waals surface area contributed by atoms with Crippen molar-refractivity contribution in [2.45, 2.75) is 0 Å². The molecule has 2 N–H and O–H groups in total. The molecule has 0 radical (unpaired) electrons. The molecule has 3 aromatic carbocycles. The minimum Gasteiger partial charge on any atom is -0.451 e. The average Bonchev–Trinajstić information content (AvgIpc) is 3.35. The van der Waals surface area contributed by atoms with E-state index in [9.17, 15) is 9.59 Å². The van der Waals surface area contributed by atoms with Crippen molar-refractivity contribution in [1.82, 2.24) is 5.32 Å². The summed E-state index contributed by atoms with van der Waals surface area (Å²) in [4.78, 5) is 25.1. The van der Waals surface area contributed by atoms with E-state index in [4.69, 9.17) is 44.3 Å². The second-order valence-corrected chi connectivity index (χ2v) is 9.01. The molecule has 9 heteroatoms. The van der Waals surface area contributed by atoms with Crippen LogP contribution in [0.15, 0.2) is 98.6 Å². The number of benzene rings is 3. The van der Waals surface area contributed by atoms with E-state index in [1.807, 2.05) is 12.1 Å². The molecule has 5 aromatic rings. The number of anilines is 1. The second kappa shape index (κ2) is 9.99. The highest BCUT2D eigenvalue weighted by atomic mass is 35.5. The minimum absolute atomic E-state index is 0.0541. The first-order valence-corrected chi connectivity index (χ1v) is 11.8. The van der Waals surface area contributed by atoms with Gasteiger partial charge in [-0.3, -0.25) is 10.1 Å². The van der Waals surface area contributed by atoms with Crippen LogP contribution in [0.1, 0.15) is 10.6 Å². The van der Waals surface area contributed by atoms with Crippen molar-refractivity contribution in [2.24, 2.45) is 0 Å². The van der Waals surface area contributed by atoms with Gasteiger partial charge in [0.1, 0.15) is 11.3 Å². The summed E-state index contributed by atoms with van der Waals surface area (Å²) in [5.41, 5.74) is 2.18. The molecule has 0 saturated carbocycles. The molecule has 2 heterocycles. The third-order valence-corrected chi connectivity index (χ3v) is 6.11. The molecule has 6 nitrogen and oxygen atoms in total. The van der Waals surface area contributed by atoms with Gasteiger partial charge in [-0.15, -0.1) is 0 Å². The Kier molecular flexibility index (Phi) is 6.61. The van der Waals surface area contributed by atoms with Gasteiger partial charge < -0.3 is 14.2 Å². The number of nitrogens with one attached hydrogen (secondary N) is 2. The number of thiocarbonyl (C=S) groups is 1. The molecule has 36 heavy (non-hydrogen) atoms. The number of rotatable bonds is 4. The van der Waals surface area contributed by atoms with Gasteiger partial charge in [-0.2, -0.15) is 0 Å². The summed E-state index contributed by atoms with van der Waals surface area (Å²) in [6.45, 7) is 0. The fourth-order valence-corrected chi connectivity index (χ4v) is 4.24. The van der Waals surface area contributed by atoms with Gasteiger partial charge in [-0.25, -0.2) is 4.79 Å². The number of hydrogen-bond acceptors (Lipinski definition) is 5. The van der Waals surface area contributed by atoms with Crippen molar-refractivity contribution in [2.75, 3.05) is 5.32 Å². The lowest BCUT2D eigenvalue weighted by Crippen LogP contribution is -2.33. The number of para-hydroxylation sites is 1. The molecule has 0 fully saturated rings. The van der Waals surface area contributed by atoms with Gasteiger partial charge in [0, 0.05) is 27.2 Å². The number of hydrogen-bond donors (Lipinski definition) is 2. The van der Waals surface area contributed by atoms with Crippen LogP contribution in [0.25, 0.3) is 33.4 Å². The van der Waals surface area contributed by atoms with Crippen LogP contribution in [-0.4, -0.2) is 11.0 Å². The van der Waals surface area contributed by atoms with Crippen LogP contribution in [0.2, 0.25) is 10.0 Å². The Hall–Kier alpha value is -3.91. The van der Waals surface area contributed by atoms with Crippen molar-refractivity contribution in [1.29, 1.82) is 0 Å². The Balaban J connectivity index is 1.28. The number of fused-ring (bicyclic) bond motifs is 1. The molecule has 2 aromatic heterocycles. The Labute approximate surface area is 220 Å². The van der Waals surface area contributed by atoms with Crippen LogP contribution < -0.4 is 16.3 Å². The zero-order valence-electron chi connectivity index (χ0n) is 18.4. The third-order valence-electron chi connectivity index (χ3n) is 5.34. The lowest BCUT2D eigenvalue weighted by Gasteiger charge is -2.11. The van der Waals surface area contributed by atoms with Crippen LogP contribution in [-0.2, 0) is 0 Å². The third kappa shape index (κ3) is 5.04. The second-order valence-electron chi connectivity index (χ2n) is 7.76. The first kappa shape index (κ1) is 23.8. The first-order chi connectivity index (χ1) is 17.4. The quantitative estimate of drug-likeness (QED) is 0.188. The molecule has 178 valence electrons. The molecule has 0 bridgehead atoms. The molecule has 5 rings (SSSR count). The lowest BCUT2D eigenvalue weighted by atomic mass is 10.1. The number of furan rings is 1. The van der Waals surface area contributed by atoms with Crippen LogP contribution in [0.4, 0.5) is 5.69 Å². The Morgan fingerprint density at radius 2 is 1.61 bits per heavy atom. The summed E-state index contributed by atoms with van der Waals surface area (Å²) >= 11 is 17.6. The normalized spacial score (nSPS) is 10.8. The summed E-state index contributed by atoms with van der Waals surface area (Å²) in [7, 11) is 0. The van der Waals surface area contributed by atoms with Crippen LogP contribution in [0.5, 0.6) is 0 Å². The molecule has 1 amide bonds. The van der Waals surface area contributed by atoms with Crippen LogP contribution in [0, 0.1) is 0 Å². The van der Waals surface area contributed by atoms with E-state index in [0.29, 0.717) is 38.2 Å². The monoisotopic (exact) mass is 534 g/mol. The minimum atomic E-state index is -0.510. The van der Waals surface area contributed by atoms with Crippen LogP contribution in [0.3, 0.4) is 0 Å². The zero-order chi connectivity index (χ0) is 25.2. The SMILES string of the molecule is O=C(NC(=S)Nc1ccc(-c2cc3ccccc3oc2=O)c(Cl)c1)c1ccc(-c2ccc(Cl)cc2)o1. The van der Waals surface area contributed by atoms with Gasteiger partial charge in [0.15, 0.2) is 10.9 Å². The molecular weight excluding hydrogens is 519 g/mol. The average molecular weight is 535 g/mol. The maximum absolute atomic E-state index is 12.6. The molecule has 0 saturated heterocycles. The molecule has 0 atom stereocenters. The van der Waals surface area contributed by atoms with Crippen molar-refractivity contribution in [3.63, 3.8) is 0 Å². The Morgan fingerprint density at radius 3 is 2.39 bits per heavy atom. The number of carbonyl (C=O) groups is 1. The van der Waals surface area contributed by atoms with E-state index in [0.717, 1.165) is 10.9 Å². The Morgan fingerprint density at radius 1 is 0.833 bits per heavy atom. The van der Waals surface area contributed by atoms with E-state index in [1.54, 1.807) is 72.8 Å². The van der Waals surface area contributed by atoms with Gasteiger partial charge in [0.2, 0.25) is 0 Å². The topological polar surface area (TPSA) is 84.5 Å². The smallest absolute Gasteiger partial charge is 0.344 e. The van der Waals surface area contributed by atoms with Gasteiger partial charge in [-0.05, 0) is 72.9 Å². The molecular formula is C27H16Cl2N2O4S. The first-order valence-electron chi connectivity index (χ1n) is 10.7. The summed E-state index contributed by atoms with van der Waals surface area (Å²) in [5, 5.41) is 7.24. The van der Waals surface area contributed by atoms with E-state index in [2.05, 4.69) is 10.6 Å². The largest absolute Gasteiger partial charge is 0.451 e. The van der Waals surface area contributed by atoms with Gasteiger partial charge >= 0.3 is 5.63 Å². The molecule has 0 unspecified atom stereocenters. The molecule has 0 aliphatic heterocycles. The summed E-state index contributed by atoms with van der Waals surface area (Å²) in [6.07, 6.45) is 0. The fourth-order valence-electron chi connectivity index (χ4n) is 3.62. The predicted octanol–water partition coefficient (Wildman–Crippen LogP) is 7.15. The highest BCUT2D eigenvalue weighted by Gasteiger charge is 2.15. The van der Waals surface area contributed by atoms with Gasteiger partial charge in [0.05, 0.1) is 10.6 Å². The van der Waals surface area contributed by atoms with Crippen molar-refractivity contribution < 1.29 is 13.6 Å². The van der Waals surface area contributed by atoms with E-state index < -0.39 is 11.5 Å². The van der Waals surface area contributed by atoms with E-state index in [-0.39, 0.29) is 10.9 Å². The van der Waals surface area contributed by atoms with Crippen molar-refractivity contribution in [3.05, 3.63) is 111 Å². The van der Waals surface area contributed by atoms with E-state index >= 15 is 0 Å². The molecule has 0 aliphatic rings. The fraction of sp³-hybridized carbons (Fsp3) is 0. The number of amides is 1. The van der Waals surface area contributed by atoms with Crippen molar-refractivity contribution in [3.8, 4) is 22.5 Å². The predicted molar refractivity (Wildman–Crippen MR) is 146 cm³/mol. The molecule has 0 aliphatic carbocycles. The number of halogens is 2. The highest BCUT2D eigenvalue weighted by Crippen LogP contribution is 2.30. The summed E-state index contributed by atoms with van der Waals surface area (Å²) in [6, 6.07) is 24.3. The highest BCUT2D eigenvalue weighted by molar-refractivity contribution is 7.80. The maximum Gasteiger partial charge on any atom is 0.344 e. The molecule has 0 spiro atoms. The standard InChI is InChI=1S/C27H16Cl2N2O4S/c28-17-7-5-15(6-8-17)23-11-12-24(34-23)25(32)31-27(36)30-18-9-10-19(21(29)14-18)20-13-16-3-1-2-4-22(16)35-26(20)33/h1-14H,(H2,30,31,32,36). The van der Waals surface area contributed by atoms with Gasteiger partial charge in [-0.1, -0.05) is 47.5 Å². The summed E-state index contributed by atoms with van der Waals surface area (Å²) < 4.78 is 11.1. The van der Waals surface area contributed by atoms with E-state index in [1.165, 1.54) is 0 Å². The Bertz CT molecular complexity index is 1680. The zero-order valence-corrected chi connectivity index (χ0v) is 20.7.